The Morgan fingerprint density at radius 2 is 2.33 bits per heavy atom. The standard InChI is InChI=1S/C17H27FN2O/c1-3-9-19-17(14-5-4-6-15(18)12-14)7-10-20(2)16-8-11-21-13-16/h4-6,12,16-17,19H,3,7-11,13H2,1-2H3. The van der Waals surface area contributed by atoms with Crippen molar-refractivity contribution in [1.82, 2.24) is 10.2 Å². The van der Waals surface area contributed by atoms with E-state index in [-0.39, 0.29) is 11.9 Å². The molecular formula is C17H27FN2O. The van der Waals surface area contributed by atoms with E-state index in [1.807, 2.05) is 6.07 Å². The molecule has 1 aromatic carbocycles. The summed E-state index contributed by atoms with van der Waals surface area (Å²) >= 11 is 0. The number of ether oxygens (including phenoxy) is 1. The summed E-state index contributed by atoms with van der Waals surface area (Å²) in [6.07, 6.45) is 3.18. The Labute approximate surface area is 127 Å². The number of hydrogen-bond acceptors (Lipinski definition) is 3. The molecule has 0 amide bonds. The molecule has 0 radical (unpaired) electrons. The van der Waals surface area contributed by atoms with Gasteiger partial charge in [-0.1, -0.05) is 19.1 Å². The molecule has 118 valence electrons. The molecule has 1 fully saturated rings. The summed E-state index contributed by atoms with van der Waals surface area (Å²) in [5.74, 6) is -0.159. The Bertz CT molecular complexity index is 421. The van der Waals surface area contributed by atoms with Gasteiger partial charge in [0.1, 0.15) is 5.82 Å². The number of benzene rings is 1. The van der Waals surface area contributed by atoms with Gasteiger partial charge in [0.2, 0.25) is 0 Å². The zero-order valence-electron chi connectivity index (χ0n) is 13.1. The van der Waals surface area contributed by atoms with Gasteiger partial charge in [0, 0.05) is 25.2 Å². The fourth-order valence-electron chi connectivity index (χ4n) is 2.81. The van der Waals surface area contributed by atoms with Crippen molar-refractivity contribution in [3.05, 3.63) is 35.6 Å². The lowest BCUT2D eigenvalue weighted by Gasteiger charge is -2.26. The lowest BCUT2D eigenvalue weighted by molar-refractivity contribution is 0.156. The lowest BCUT2D eigenvalue weighted by atomic mass is 10.0. The number of halogens is 1. The normalized spacial score (nSPS) is 20.1. The first kappa shape index (κ1) is 16.4. The molecule has 0 spiro atoms. The van der Waals surface area contributed by atoms with E-state index >= 15 is 0 Å². The third-order valence-electron chi connectivity index (χ3n) is 4.19. The molecule has 0 aromatic heterocycles. The summed E-state index contributed by atoms with van der Waals surface area (Å²) in [5, 5.41) is 3.53. The van der Waals surface area contributed by atoms with Crippen molar-refractivity contribution in [2.75, 3.05) is 33.4 Å². The highest BCUT2D eigenvalue weighted by Gasteiger charge is 2.21. The molecule has 1 aliphatic heterocycles. The molecule has 0 aliphatic carbocycles. The molecule has 3 nitrogen and oxygen atoms in total. The highest BCUT2D eigenvalue weighted by atomic mass is 19.1. The summed E-state index contributed by atoms with van der Waals surface area (Å²) in [5.41, 5.74) is 1.04. The molecule has 2 unspecified atom stereocenters. The first-order valence-corrected chi connectivity index (χ1v) is 7.97. The molecule has 4 heteroatoms. The molecule has 2 atom stereocenters. The summed E-state index contributed by atoms with van der Waals surface area (Å²) in [7, 11) is 2.15. The Morgan fingerprint density at radius 1 is 1.48 bits per heavy atom. The molecule has 1 saturated heterocycles. The van der Waals surface area contributed by atoms with Crippen LogP contribution in [0.1, 0.15) is 37.8 Å². The van der Waals surface area contributed by atoms with Crippen LogP contribution in [0, 0.1) is 5.82 Å². The summed E-state index contributed by atoms with van der Waals surface area (Å²) < 4.78 is 18.9. The van der Waals surface area contributed by atoms with Gasteiger partial charge in [-0.3, -0.25) is 0 Å². The zero-order chi connectivity index (χ0) is 15.1. The monoisotopic (exact) mass is 294 g/mol. The van der Waals surface area contributed by atoms with Crippen LogP contribution in [0.15, 0.2) is 24.3 Å². The first-order valence-electron chi connectivity index (χ1n) is 7.97. The molecule has 1 aromatic rings. The third kappa shape index (κ3) is 5.06. The van der Waals surface area contributed by atoms with E-state index in [1.54, 1.807) is 12.1 Å². The van der Waals surface area contributed by atoms with Crippen LogP contribution in [-0.4, -0.2) is 44.3 Å². The van der Waals surface area contributed by atoms with Gasteiger partial charge in [-0.15, -0.1) is 0 Å². The van der Waals surface area contributed by atoms with Crippen molar-refractivity contribution in [3.63, 3.8) is 0 Å². The van der Waals surface area contributed by atoms with Gasteiger partial charge < -0.3 is 15.0 Å². The van der Waals surface area contributed by atoms with Gasteiger partial charge in [0.15, 0.2) is 0 Å². The van der Waals surface area contributed by atoms with Gasteiger partial charge in [-0.25, -0.2) is 4.39 Å². The zero-order valence-corrected chi connectivity index (χ0v) is 13.1. The van der Waals surface area contributed by atoms with Crippen LogP contribution in [-0.2, 0) is 4.74 Å². The van der Waals surface area contributed by atoms with Crippen LogP contribution < -0.4 is 5.32 Å². The maximum absolute atomic E-state index is 13.4. The van der Waals surface area contributed by atoms with Crippen LogP contribution in [0.5, 0.6) is 0 Å². The number of likely N-dealkylation sites (N-methyl/N-ethyl adjacent to an activating group) is 1. The third-order valence-corrected chi connectivity index (χ3v) is 4.19. The van der Waals surface area contributed by atoms with Crippen LogP contribution in [0.25, 0.3) is 0 Å². The van der Waals surface area contributed by atoms with Gasteiger partial charge in [0.25, 0.3) is 0 Å². The fraction of sp³-hybridized carbons (Fsp3) is 0.647. The van der Waals surface area contributed by atoms with Gasteiger partial charge >= 0.3 is 0 Å². The van der Waals surface area contributed by atoms with Crippen LogP contribution in [0.3, 0.4) is 0 Å². The predicted molar refractivity (Wildman–Crippen MR) is 83.9 cm³/mol. The number of nitrogens with one attached hydrogen (secondary N) is 1. The van der Waals surface area contributed by atoms with E-state index in [0.717, 1.165) is 51.1 Å². The topological polar surface area (TPSA) is 24.5 Å². The van der Waals surface area contributed by atoms with Crippen molar-refractivity contribution in [2.45, 2.75) is 38.3 Å². The van der Waals surface area contributed by atoms with Crippen molar-refractivity contribution in [3.8, 4) is 0 Å². The number of hydrogen-bond donors (Lipinski definition) is 1. The fourth-order valence-corrected chi connectivity index (χ4v) is 2.81. The molecule has 21 heavy (non-hydrogen) atoms. The molecule has 0 bridgehead atoms. The number of rotatable bonds is 8. The largest absolute Gasteiger partial charge is 0.380 e. The van der Waals surface area contributed by atoms with Gasteiger partial charge in [-0.05, 0) is 50.6 Å². The van der Waals surface area contributed by atoms with Crippen molar-refractivity contribution < 1.29 is 9.13 Å². The second-order valence-electron chi connectivity index (χ2n) is 5.85. The Balaban J connectivity index is 1.92. The number of nitrogens with zero attached hydrogens (tertiary/aromatic N) is 1. The van der Waals surface area contributed by atoms with Crippen molar-refractivity contribution in [2.24, 2.45) is 0 Å². The lowest BCUT2D eigenvalue weighted by Crippen LogP contribution is -2.35. The van der Waals surface area contributed by atoms with E-state index in [2.05, 4.69) is 24.2 Å². The quantitative estimate of drug-likeness (QED) is 0.798. The maximum Gasteiger partial charge on any atom is 0.123 e. The molecule has 1 aliphatic rings. The van der Waals surface area contributed by atoms with Crippen LogP contribution >= 0.6 is 0 Å². The average Bonchev–Trinajstić information content (AvgIpc) is 3.01. The van der Waals surface area contributed by atoms with E-state index in [9.17, 15) is 4.39 Å². The SMILES string of the molecule is CCCNC(CCN(C)C1CCOC1)c1cccc(F)c1. The molecule has 0 saturated carbocycles. The van der Waals surface area contributed by atoms with Crippen LogP contribution in [0.2, 0.25) is 0 Å². The highest BCUT2D eigenvalue weighted by Crippen LogP contribution is 2.20. The van der Waals surface area contributed by atoms with E-state index in [1.165, 1.54) is 6.07 Å². The van der Waals surface area contributed by atoms with Gasteiger partial charge in [0.05, 0.1) is 6.61 Å². The Kier molecular flexibility index (Phi) is 6.61. The Morgan fingerprint density at radius 3 is 3.00 bits per heavy atom. The second-order valence-corrected chi connectivity index (χ2v) is 5.85. The van der Waals surface area contributed by atoms with E-state index < -0.39 is 0 Å². The van der Waals surface area contributed by atoms with E-state index in [0.29, 0.717) is 6.04 Å². The second kappa shape index (κ2) is 8.47. The summed E-state index contributed by atoms with van der Waals surface area (Å²) in [4.78, 5) is 2.37. The average molecular weight is 294 g/mol. The summed E-state index contributed by atoms with van der Waals surface area (Å²) in [6.45, 7) is 5.81. The smallest absolute Gasteiger partial charge is 0.123 e. The molecule has 1 heterocycles. The molecular weight excluding hydrogens is 267 g/mol. The predicted octanol–water partition coefficient (Wildman–Crippen LogP) is 2.98. The van der Waals surface area contributed by atoms with E-state index in [4.69, 9.17) is 4.74 Å². The minimum Gasteiger partial charge on any atom is -0.380 e. The summed E-state index contributed by atoms with van der Waals surface area (Å²) in [6, 6.07) is 7.69. The molecule has 1 N–H and O–H groups in total. The minimum absolute atomic E-state index is 0.159. The molecule has 2 rings (SSSR count). The first-order chi connectivity index (χ1) is 10.2. The van der Waals surface area contributed by atoms with Crippen molar-refractivity contribution in [1.29, 1.82) is 0 Å². The van der Waals surface area contributed by atoms with Gasteiger partial charge in [-0.2, -0.15) is 0 Å². The highest BCUT2D eigenvalue weighted by molar-refractivity contribution is 5.20. The van der Waals surface area contributed by atoms with Crippen LogP contribution in [0.4, 0.5) is 4.39 Å². The van der Waals surface area contributed by atoms with Crippen molar-refractivity contribution >= 4 is 0 Å². The Hall–Kier alpha value is -0.970. The minimum atomic E-state index is -0.159. The maximum atomic E-state index is 13.4.